The van der Waals surface area contributed by atoms with Gasteiger partial charge in [-0.3, -0.25) is 4.98 Å². The van der Waals surface area contributed by atoms with E-state index < -0.39 is 11.7 Å². The Morgan fingerprint density at radius 2 is 1.08 bits per heavy atom. The number of furan rings is 1. The van der Waals surface area contributed by atoms with E-state index >= 15 is 0 Å². The molecule has 9 heteroatoms. The summed E-state index contributed by atoms with van der Waals surface area (Å²) in [6, 6.07) is 53.2. The third kappa shape index (κ3) is 5.98. The molecule has 0 amide bonds. The average Bonchev–Trinajstić information content (AvgIpc) is 3.84. The zero-order valence-corrected chi connectivity index (χ0v) is 31.6. The minimum atomic E-state index is -4.49. The number of benzene rings is 7. The van der Waals surface area contributed by atoms with Gasteiger partial charge >= 0.3 is 6.18 Å². The lowest BCUT2D eigenvalue weighted by molar-refractivity contribution is -0.137. The summed E-state index contributed by atoms with van der Waals surface area (Å²) in [5.41, 5.74) is 8.88. The number of nitrogens with zero attached hydrogens (tertiary/aromatic N) is 5. The molecule has 0 aliphatic heterocycles. The molecular weight excluding hydrogens is 756 g/mol. The van der Waals surface area contributed by atoms with E-state index in [0.717, 1.165) is 78.2 Å². The Labute approximate surface area is 340 Å². The van der Waals surface area contributed by atoms with E-state index in [4.69, 9.17) is 19.4 Å². The van der Waals surface area contributed by atoms with Crippen LogP contribution in [0.15, 0.2) is 187 Å². The van der Waals surface area contributed by atoms with Crippen molar-refractivity contribution >= 4 is 43.7 Å². The molecular formula is C51H30F3N5O. The predicted octanol–water partition coefficient (Wildman–Crippen LogP) is 13.6. The third-order valence-electron chi connectivity index (χ3n) is 11.0. The lowest BCUT2D eigenvalue weighted by atomic mass is 9.92. The minimum Gasteiger partial charge on any atom is -0.456 e. The van der Waals surface area contributed by atoms with Gasteiger partial charge in [0, 0.05) is 61.9 Å². The summed E-state index contributed by atoms with van der Waals surface area (Å²) >= 11 is 0. The second-order valence-electron chi connectivity index (χ2n) is 14.6. The van der Waals surface area contributed by atoms with Crippen LogP contribution in [0.5, 0.6) is 0 Å². The number of fused-ring (bicyclic) bond motifs is 6. The van der Waals surface area contributed by atoms with Crippen LogP contribution in [-0.4, -0.2) is 24.5 Å². The fraction of sp³-hybridized carbons (Fsp3) is 0.0196. The summed E-state index contributed by atoms with van der Waals surface area (Å²) in [6.45, 7) is 0. The highest BCUT2D eigenvalue weighted by atomic mass is 19.4. The van der Waals surface area contributed by atoms with Gasteiger partial charge in [-0.15, -0.1) is 0 Å². The van der Waals surface area contributed by atoms with Crippen LogP contribution in [-0.2, 0) is 6.18 Å². The normalized spacial score (nSPS) is 11.9. The van der Waals surface area contributed by atoms with E-state index in [2.05, 4.69) is 23.2 Å². The van der Waals surface area contributed by atoms with Gasteiger partial charge in [0.25, 0.3) is 0 Å². The van der Waals surface area contributed by atoms with Crippen molar-refractivity contribution in [1.29, 1.82) is 0 Å². The van der Waals surface area contributed by atoms with Crippen molar-refractivity contribution < 1.29 is 17.6 Å². The van der Waals surface area contributed by atoms with Crippen molar-refractivity contribution in [2.75, 3.05) is 0 Å². The first-order chi connectivity index (χ1) is 29.4. The van der Waals surface area contributed by atoms with Crippen molar-refractivity contribution in [3.05, 3.63) is 188 Å². The molecule has 0 spiro atoms. The number of alkyl halides is 3. The van der Waals surface area contributed by atoms with Gasteiger partial charge in [-0.1, -0.05) is 103 Å². The maximum atomic E-state index is 14.1. The van der Waals surface area contributed by atoms with Crippen molar-refractivity contribution in [2.24, 2.45) is 0 Å². The van der Waals surface area contributed by atoms with E-state index in [9.17, 15) is 13.2 Å². The van der Waals surface area contributed by atoms with Gasteiger partial charge in [0.15, 0.2) is 17.5 Å². The first-order valence-corrected chi connectivity index (χ1v) is 19.4. The molecule has 0 bridgehead atoms. The van der Waals surface area contributed by atoms with Crippen LogP contribution in [0.3, 0.4) is 0 Å². The Bertz CT molecular complexity index is 3370. The van der Waals surface area contributed by atoms with E-state index in [-0.39, 0.29) is 0 Å². The van der Waals surface area contributed by atoms with Gasteiger partial charge in [0.05, 0.1) is 16.6 Å². The van der Waals surface area contributed by atoms with E-state index in [1.807, 2.05) is 144 Å². The van der Waals surface area contributed by atoms with Crippen LogP contribution in [0.4, 0.5) is 13.2 Å². The first-order valence-electron chi connectivity index (χ1n) is 19.4. The maximum absolute atomic E-state index is 14.1. The Balaban J connectivity index is 1.19. The highest BCUT2D eigenvalue weighted by Crippen LogP contribution is 2.43. The minimum absolute atomic E-state index is 0.451. The molecule has 4 aromatic heterocycles. The molecule has 11 aromatic rings. The molecule has 0 aliphatic rings. The number of rotatable bonds is 6. The molecule has 0 saturated carbocycles. The molecule has 0 N–H and O–H groups in total. The third-order valence-corrected chi connectivity index (χ3v) is 11.0. The molecule has 0 saturated heterocycles. The zero-order valence-electron chi connectivity index (χ0n) is 31.6. The van der Waals surface area contributed by atoms with Gasteiger partial charge in [0.1, 0.15) is 11.2 Å². The molecule has 60 heavy (non-hydrogen) atoms. The molecule has 286 valence electrons. The van der Waals surface area contributed by atoms with Crippen LogP contribution >= 0.6 is 0 Å². The number of halogens is 3. The quantitative estimate of drug-likeness (QED) is 0.168. The number of pyridine rings is 1. The Morgan fingerprint density at radius 3 is 1.83 bits per heavy atom. The first kappa shape index (κ1) is 35.3. The molecule has 6 nitrogen and oxygen atoms in total. The zero-order chi connectivity index (χ0) is 40.4. The Hall–Kier alpha value is -7.91. The number of hydrogen-bond acceptors (Lipinski definition) is 5. The highest BCUT2D eigenvalue weighted by molar-refractivity contribution is 6.10. The van der Waals surface area contributed by atoms with Crippen LogP contribution < -0.4 is 0 Å². The number of aromatic nitrogens is 5. The number of para-hydroxylation sites is 2. The molecule has 11 rings (SSSR count). The topological polar surface area (TPSA) is 69.6 Å². The SMILES string of the molecule is FC(F)(F)c1ccc2c(c1)c1ccccc1n2-c1ccc(-c2nc(-c3ccccc3)nc(-c3ccccc3)n2)c(-c2cnccc2-c2ccc3oc4ccccc4c3c2)c1. The smallest absolute Gasteiger partial charge is 0.416 e. The van der Waals surface area contributed by atoms with Gasteiger partial charge in [0.2, 0.25) is 0 Å². The van der Waals surface area contributed by atoms with Crippen molar-refractivity contribution in [3.63, 3.8) is 0 Å². The fourth-order valence-electron chi connectivity index (χ4n) is 8.20. The maximum Gasteiger partial charge on any atom is 0.416 e. The van der Waals surface area contributed by atoms with Crippen LogP contribution in [0.25, 0.3) is 106 Å². The molecule has 0 unspecified atom stereocenters. The summed E-state index contributed by atoms with van der Waals surface area (Å²) in [5, 5.41) is 3.22. The van der Waals surface area contributed by atoms with Crippen LogP contribution in [0.2, 0.25) is 0 Å². The average molecular weight is 786 g/mol. The second kappa shape index (κ2) is 13.9. The Kier molecular flexibility index (Phi) is 8.16. The lowest BCUT2D eigenvalue weighted by Crippen LogP contribution is -2.04. The Morgan fingerprint density at radius 1 is 0.433 bits per heavy atom. The molecule has 7 aromatic carbocycles. The number of hydrogen-bond donors (Lipinski definition) is 0. The summed E-state index contributed by atoms with van der Waals surface area (Å²) in [4.78, 5) is 19.8. The largest absolute Gasteiger partial charge is 0.456 e. The van der Waals surface area contributed by atoms with Gasteiger partial charge in [-0.25, -0.2) is 15.0 Å². The standard InChI is InChI=1S/C51H30F3N5O/c52-51(53,54)34-20-23-45-41(28-34)37-15-7-9-17-44(37)59(45)35-21-22-39(50-57-48(31-11-3-1-4-12-31)56-49(58-50)32-13-5-2-6-14-32)40(29-35)43-30-55-26-25-36(43)33-19-24-47-42(27-33)38-16-8-10-18-46(38)60-47/h1-30H. The molecule has 4 heterocycles. The second-order valence-corrected chi connectivity index (χ2v) is 14.6. The van der Waals surface area contributed by atoms with E-state index in [1.54, 1.807) is 12.3 Å². The van der Waals surface area contributed by atoms with Crippen molar-refractivity contribution in [1.82, 2.24) is 24.5 Å². The molecule has 0 aliphatic carbocycles. The van der Waals surface area contributed by atoms with Crippen LogP contribution in [0, 0.1) is 0 Å². The summed E-state index contributed by atoms with van der Waals surface area (Å²) in [6.07, 6.45) is -0.875. The van der Waals surface area contributed by atoms with Gasteiger partial charge in [-0.2, -0.15) is 13.2 Å². The van der Waals surface area contributed by atoms with E-state index in [1.165, 1.54) is 6.07 Å². The highest BCUT2D eigenvalue weighted by Gasteiger charge is 2.31. The summed E-state index contributed by atoms with van der Waals surface area (Å²) in [5.74, 6) is 1.48. The molecule has 0 radical (unpaired) electrons. The van der Waals surface area contributed by atoms with Gasteiger partial charge < -0.3 is 8.98 Å². The van der Waals surface area contributed by atoms with Crippen molar-refractivity contribution in [3.8, 4) is 62.1 Å². The predicted molar refractivity (Wildman–Crippen MR) is 231 cm³/mol. The molecule has 0 fully saturated rings. The molecule has 0 atom stereocenters. The monoisotopic (exact) mass is 785 g/mol. The lowest BCUT2D eigenvalue weighted by Gasteiger charge is -2.17. The van der Waals surface area contributed by atoms with E-state index in [0.29, 0.717) is 33.8 Å². The fourth-order valence-corrected chi connectivity index (χ4v) is 8.20. The van der Waals surface area contributed by atoms with Crippen LogP contribution in [0.1, 0.15) is 5.56 Å². The van der Waals surface area contributed by atoms with Crippen molar-refractivity contribution in [2.45, 2.75) is 6.18 Å². The van der Waals surface area contributed by atoms with Gasteiger partial charge in [-0.05, 0) is 83.4 Å². The summed E-state index contributed by atoms with van der Waals surface area (Å²) in [7, 11) is 0. The summed E-state index contributed by atoms with van der Waals surface area (Å²) < 4.78 is 50.4.